The van der Waals surface area contributed by atoms with Crippen molar-refractivity contribution in [2.75, 3.05) is 26.0 Å². The lowest BCUT2D eigenvalue weighted by molar-refractivity contribution is -0.118. The molecule has 0 saturated heterocycles. The van der Waals surface area contributed by atoms with Crippen LogP contribution in [-0.2, 0) is 25.1 Å². The van der Waals surface area contributed by atoms with Gasteiger partial charge in [0.2, 0.25) is 5.91 Å². The van der Waals surface area contributed by atoms with Crippen molar-refractivity contribution in [1.82, 2.24) is 5.32 Å². The SMILES string of the molecule is COCCNC(=O)CS(=O)(=O)Cc1cccc(C(=O)O)c1. The predicted molar refractivity (Wildman–Crippen MR) is 75.8 cm³/mol. The molecule has 0 saturated carbocycles. The van der Waals surface area contributed by atoms with Crippen LogP contribution in [0.1, 0.15) is 15.9 Å². The summed E-state index contributed by atoms with van der Waals surface area (Å²) in [5, 5.41) is 11.3. The molecule has 0 aliphatic carbocycles. The zero-order valence-corrected chi connectivity index (χ0v) is 12.4. The fourth-order valence-corrected chi connectivity index (χ4v) is 2.93. The molecule has 0 spiro atoms. The number of sulfone groups is 1. The van der Waals surface area contributed by atoms with Gasteiger partial charge in [0.15, 0.2) is 9.84 Å². The molecule has 8 heteroatoms. The maximum Gasteiger partial charge on any atom is 0.335 e. The highest BCUT2D eigenvalue weighted by Crippen LogP contribution is 2.10. The van der Waals surface area contributed by atoms with Gasteiger partial charge < -0.3 is 15.2 Å². The average Bonchev–Trinajstić information content (AvgIpc) is 2.38. The Morgan fingerprint density at radius 1 is 1.33 bits per heavy atom. The number of carbonyl (C=O) groups excluding carboxylic acids is 1. The quantitative estimate of drug-likeness (QED) is 0.657. The van der Waals surface area contributed by atoms with Crippen LogP contribution in [-0.4, -0.2) is 51.4 Å². The van der Waals surface area contributed by atoms with Crippen LogP contribution in [0.3, 0.4) is 0 Å². The summed E-state index contributed by atoms with van der Waals surface area (Å²) in [4.78, 5) is 22.3. The van der Waals surface area contributed by atoms with Gasteiger partial charge in [-0.2, -0.15) is 0 Å². The van der Waals surface area contributed by atoms with Crippen molar-refractivity contribution < 1.29 is 27.9 Å². The normalized spacial score (nSPS) is 11.1. The number of carbonyl (C=O) groups is 2. The molecule has 21 heavy (non-hydrogen) atoms. The second-order valence-electron chi connectivity index (χ2n) is 4.38. The number of benzene rings is 1. The minimum absolute atomic E-state index is 0.00671. The number of ether oxygens (including phenoxy) is 1. The molecule has 0 aliphatic heterocycles. The maximum atomic E-state index is 11.9. The first-order valence-electron chi connectivity index (χ1n) is 6.12. The molecule has 0 bridgehead atoms. The van der Waals surface area contributed by atoms with Gasteiger partial charge in [-0.1, -0.05) is 12.1 Å². The van der Waals surface area contributed by atoms with E-state index in [9.17, 15) is 18.0 Å². The van der Waals surface area contributed by atoms with Crippen LogP contribution >= 0.6 is 0 Å². The Labute approximate surface area is 122 Å². The van der Waals surface area contributed by atoms with Crippen molar-refractivity contribution in [3.8, 4) is 0 Å². The van der Waals surface area contributed by atoms with E-state index in [1.165, 1.54) is 31.4 Å². The summed E-state index contributed by atoms with van der Waals surface area (Å²) in [5.74, 6) is -2.77. The van der Waals surface area contributed by atoms with Gasteiger partial charge in [0.1, 0.15) is 5.75 Å². The third kappa shape index (κ3) is 6.37. The second kappa shape index (κ2) is 7.75. The number of hydrogen-bond acceptors (Lipinski definition) is 5. The monoisotopic (exact) mass is 315 g/mol. The van der Waals surface area contributed by atoms with Gasteiger partial charge >= 0.3 is 5.97 Å². The molecule has 116 valence electrons. The Morgan fingerprint density at radius 2 is 2.05 bits per heavy atom. The van der Waals surface area contributed by atoms with Crippen LogP contribution in [0.2, 0.25) is 0 Å². The topological polar surface area (TPSA) is 110 Å². The number of rotatable bonds is 8. The van der Waals surface area contributed by atoms with E-state index in [-0.39, 0.29) is 17.9 Å². The number of carboxylic acid groups (broad SMARTS) is 1. The average molecular weight is 315 g/mol. The summed E-state index contributed by atoms with van der Waals surface area (Å²) in [6, 6.07) is 5.62. The predicted octanol–water partition coefficient (Wildman–Crippen LogP) is 0.0622. The molecule has 0 fully saturated rings. The summed E-state index contributed by atoms with van der Waals surface area (Å²) in [7, 11) is -2.19. The van der Waals surface area contributed by atoms with Crippen molar-refractivity contribution >= 4 is 21.7 Å². The van der Waals surface area contributed by atoms with Gasteiger partial charge in [0.05, 0.1) is 17.9 Å². The van der Waals surface area contributed by atoms with E-state index < -0.39 is 27.5 Å². The molecule has 0 unspecified atom stereocenters. The summed E-state index contributed by atoms with van der Waals surface area (Å²) in [6.45, 7) is 0.534. The molecule has 1 amide bonds. The Bertz CT molecular complexity index is 611. The first-order chi connectivity index (χ1) is 9.84. The van der Waals surface area contributed by atoms with Crippen LogP contribution in [0.4, 0.5) is 0 Å². The van der Waals surface area contributed by atoms with Crippen LogP contribution < -0.4 is 5.32 Å². The van der Waals surface area contributed by atoms with E-state index in [0.29, 0.717) is 12.2 Å². The van der Waals surface area contributed by atoms with Crippen molar-refractivity contribution in [2.24, 2.45) is 0 Å². The van der Waals surface area contributed by atoms with E-state index in [0.717, 1.165) is 0 Å². The summed E-state index contributed by atoms with van der Waals surface area (Å²) in [6.07, 6.45) is 0. The highest BCUT2D eigenvalue weighted by Gasteiger charge is 2.17. The zero-order chi connectivity index (χ0) is 15.9. The van der Waals surface area contributed by atoms with E-state index in [2.05, 4.69) is 5.32 Å². The van der Waals surface area contributed by atoms with E-state index in [1.807, 2.05) is 0 Å². The van der Waals surface area contributed by atoms with E-state index in [4.69, 9.17) is 9.84 Å². The number of aromatic carboxylic acids is 1. The number of carboxylic acids is 1. The van der Waals surface area contributed by atoms with E-state index in [1.54, 1.807) is 0 Å². The smallest absolute Gasteiger partial charge is 0.335 e. The minimum atomic E-state index is -3.66. The van der Waals surface area contributed by atoms with Crippen LogP contribution in [0, 0.1) is 0 Å². The molecule has 0 atom stereocenters. The van der Waals surface area contributed by atoms with E-state index >= 15 is 0 Å². The highest BCUT2D eigenvalue weighted by atomic mass is 32.2. The standard InChI is InChI=1S/C13H17NO6S/c1-20-6-5-14-12(15)9-21(18,19)8-10-3-2-4-11(7-10)13(16)17/h2-4,7H,5-6,8-9H2,1H3,(H,14,15)(H,16,17). The third-order valence-corrected chi connectivity index (χ3v) is 4.02. The first kappa shape index (κ1) is 17.1. The highest BCUT2D eigenvalue weighted by molar-refractivity contribution is 7.91. The van der Waals surface area contributed by atoms with Crippen molar-refractivity contribution in [2.45, 2.75) is 5.75 Å². The van der Waals surface area contributed by atoms with Gasteiger partial charge in [0.25, 0.3) is 0 Å². The largest absolute Gasteiger partial charge is 0.478 e. The third-order valence-electron chi connectivity index (χ3n) is 2.54. The summed E-state index contributed by atoms with van der Waals surface area (Å²) < 4.78 is 28.5. The molecule has 2 N–H and O–H groups in total. The van der Waals surface area contributed by atoms with Gasteiger partial charge in [-0.05, 0) is 17.7 Å². The molecule has 0 aromatic heterocycles. The zero-order valence-electron chi connectivity index (χ0n) is 11.5. The van der Waals surface area contributed by atoms with Gasteiger partial charge in [-0.15, -0.1) is 0 Å². The molecule has 1 aromatic rings. The molecular weight excluding hydrogens is 298 g/mol. The molecule has 0 radical (unpaired) electrons. The fourth-order valence-electron chi connectivity index (χ4n) is 1.64. The second-order valence-corrected chi connectivity index (χ2v) is 6.45. The first-order valence-corrected chi connectivity index (χ1v) is 7.94. The lowest BCUT2D eigenvalue weighted by Gasteiger charge is -2.06. The molecule has 0 heterocycles. The van der Waals surface area contributed by atoms with Crippen molar-refractivity contribution in [1.29, 1.82) is 0 Å². The lowest BCUT2D eigenvalue weighted by atomic mass is 10.1. The summed E-state index contributed by atoms with van der Waals surface area (Å²) in [5.41, 5.74) is 0.340. The molecule has 7 nitrogen and oxygen atoms in total. The van der Waals surface area contributed by atoms with Gasteiger partial charge in [-0.25, -0.2) is 13.2 Å². The number of nitrogens with one attached hydrogen (secondary N) is 1. The Hall–Kier alpha value is -1.93. The minimum Gasteiger partial charge on any atom is -0.478 e. The maximum absolute atomic E-state index is 11.9. The Morgan fingerprint density at radius 3 is 2.67 bits per heavy atom. The lowest BCUT2D eigenvalue weighted by Crippen LogP contribution is -2.33. The fraction of sp³-hybridized carbons (Fsp3) is 0.385. The Balaban J connectivity index is 2.66. The van der Waals surface area contributed by atoms with Crippen molar-refractivity contribution in [3.05, 3.63) is 35.4 Å². The summed E-state index contributed by atoms with van der Waals surface area (Å²) >= 11 is 0. The van der Waals surface area contributed by atoms with Gasteiger partial charge in [0, 0.05) is 13.7 Å². The molecule has 0 aliphatic rings. The van der Waals surface area contributed by atoms with Crippen molar-refractivity contribution in [3.63, 3.8) is 0 Å². The number of methoxy groups -OCH3 is 1. The molecule has 1 rings (SSSR count). The number of hydrogen-bond donors (Lipinski definition) is 2. The van der Waals surface area contributed by atoms with Crippen LogP contribution in [0.15, 0.2) is 24.3 Å². The van der Waals surface area contributed by atoms with Gasteiger partial charge in [-0.3, -0.25) is 4.79 Å². The van der Waals surface area contributed by atoms with Crippen LogP contribution in [0.5, 0.6) is 0 Å². The Kier molecular flexibility index (Phi) is 6.32. The molecule has 1 aromatic carbocycles. The number of amides is 1. The molecular formula is C13H17NO6S. The van der Waals surface area contributed by atoms with Crippen LogP contribution in [0.25, 0.3) is 0 Å².